The quantitative estimate of drug-likeness (QED) is 0.399. The van der Waals surface area contributed by atoms with Gasteiger partial charge in [0.25, 0.3) is 0 Å². The van der Waals surface area contributed by atoms with Crippen LogP contribution in [0.1, 0.15) is 44.6 Å². The third-order valence-electron chi connectivity index (χ3n) is 2.83. The van der Waals surface area contributed by atoms with Crippen molar-refractivity contribution in [2.75, 3.05) is 6.61 Å². The molecule has 0 heterocycles. The van der Waals surface area contributed by atoms with Gasteiger partial charge < -0.3 is 10.5 Å². The first-order chi connectivity index (χ1) is 8.72. The second-order valence-corrected chi connectivity index (χ2v) is 4.61. The summed E-state index contributed by atoms with van der Waals surface area (Å²) in [7, 11) is 0. The van der Waals surface area contributed by atoms with E-state index in [4.69, 9.17) is 15.9 Å². The third kappa shape index (κ3) is 6.28. The summed E-state index contributed by atoms with van der Waals surface area (Å²) in [6.45, 7) is 3.01. The number of nitrogens with two attached hydrogens (primary N) is 1. The molecular formula is C15H24N2O. The zero-order valence-electron chi connectivity index (χ0n) is 11.2. The van der Waals surface area contributed by atoms with Crippen LogP contribution in [0.5, 0.6) is 5.75 Å². The van der Waals surface area contributed by atoms with Gasteiger partial charge in [0.15, 0.2) is 0 Å². The van der Waals surface area contributed by atoms with Gasteiger partial charge in [-0.3, -0.25) is 5.41 Å². The van der Waals surface area contributed by atoms with Crippen LogP contribution in [0.25, 0.3) is 0 Å². The normalized spacial score (nSPS) is 10.3. The summed E-state index contributed by atoms with van der Waals surface area (Å²) in [5.41, 5.74) is 6.41. The van der Waals surface area contributed by atoms with Crippen molar-refractivity contribution >= 4 is 5.84 Å². The topological polar surface area (TPSA) is 59.1 Å². The predicted molar refractivity (Wildman–Crippen MR) is 76.3 cm³/mol. The Morgan fingerprint density at radius 1 is 1.11 bits per heavy atom. The Kier molecular flexibility index (Phi) is 6.92. The van der Waals surface area contributed by atoms with E-state index >= 15 is 0 Å². The van der Waals surface area contributed by atoms with E-state index in [1.165, 1.54) is 25.7 Å². The van der Waals surface area contributed by atoms with Gasteiger partial charge in [-0.25, -0.2) is 0 Å². The van der Waals surface area contributed by atoms with Crippen LogP contribution in [0.2, 0.25) is 0 Å². The predicted octanol–water partition coefficient (Wildman–Crippen LogP) is 3.51. The van der Waals surface area contributed by atoms with E-state index in [2.05, 4.69) is 6.92 Å². The van der Waals surface area contributed by atoms with E-state index in [1.54, 1.807) is 0 Å². The number of hydrogen-bond acceptors (Lipinski definition) is 2. The van der Waals surface area contributed by atoms with Gasteiger partial charge in [-0.1, -0.05) is 44.7 Å². The smallest absolute Gasteiger partial charge is 0.119 e. The minimum atomic E-state index is 0.194. The van der Waals surface area contributed by atoms with E-state index in [1.807, 2.05) is 24.3 Å². The molecule has 100 valence electrons. The highest BCUT2D eigenvalue weighted by Crippen LogP contribution is 2.13. The molecule has 0 aliphatic rings. The van der Waals surface area contributed by atoms with Gasteiger partial charge in [0.2, 0.25) is 0 Å². The number of rotatable bonds is 9. The lowest BCUT2D eigenvalue weighted by atomic mass is 10.1. The Bertz CT molecular complexity index is 346. The average Bonchev–Trinajstić information content (AvgIpc) is 2.35. The molecule has 0 spiro atoms. The highest BCUT2D eigenvalue weighted by Gasteiger charge is 1.97. The molecule has 3 nitrogen and oxygen atoms in total. The third-order valence-corrected chi connectivity index (χ3v) is 2.83. The fraction of sp³-hybridized carbons (Fsp3) is 0.533. The van der Waals surface area contributed by atoms with Gasteiger partial charge >= 0.3 is 0 Å². The van der Waals surface area contributed by atoms with Crippen LogP contribution in [0.3, 0.4) is 0 Å². The monoisotopic (exact) mass is 248 g/mol. The first kappa shape index (κ1) is 14.6. The van der Waals surface area contributed by atoms with E-state index in [0.29, 0.717) is 6.42 Å². The summed E-state index contributed by atoms with van der Waals surface area (Å²) < 4.78 is 5.66. The molecule has 0 aromatic heterocycles. The molecule has 1 aromatic carbocycles. The molecule has 0 amide bonds. The number of hydrogen-bond donors (Lipinski definition) is 2. The van der Waals surface area contributed by atoms with Crippen molar-refractivity contribution in [2.45, 2.75) is 45.4 Å². The summed E-state index contributed by atoms with van der Waals surface area (Å²) in [6, 6.07) is 7.83. The molecule has 0 aliphatic carbocycles. The molecule has 0 aliphatic heterocycles. The highest BCUT2D eigenvalue weighted by molar-refractivity contribution is 5.79. The van der Waals surface area contributed by atoms with Crippen molar-refractivity contribution < 1.29 is 4.74 Å². The minimum Gasteiger partial charge on any atom is -0.494 e. The summed E-state index contributed by atoms with van der Waals surface area (Å²) in [5.74, 6) is 1.09. The summed E-state index contributed by atoms with van der Waals surface area (Å²) in [4.78, 5) is 0. The maximum atomic E-state index is 7.22. The van der Waals surface area contributed by atoms with Crippen LogP contribution in [-0.2, 0) is 6.42 Å². The molecular weight excluding hydrogens is 224 g/mol. The number of benzene rings is 1. The zero-order chi connectivity index (χ0) is 13.2. The number of amidine groups is 1. The van der Waals surface area contributed by atoms with Crippen molar-refractivity contribution in [3.05, 3.63) is 29.8 Å². The van der Waals surface area contributed by atoms with E-state index in [9.17, 15) is 0 Å². The number of unbranched alkanes of at least 4 members (excludes halogenated alkanes) is 4. The van der Waals surface area contributed by atoms with E-state index in [-0.39, 0.29) is 5.84 Å². The van der Waals surface area contributed by atoms with Gasteiger partial charge in [-0.05, 0) is 24.1 Å². The van der Waals surface area contributed by atoms with Crippen molar-refractivity contribution in [3.8, 4) is 5.75 Å². The molecule has 0 fully saturated rings. The van der Waals surface area contributed by atoms with Gasteiger partial charge in [-0.15, -0.1) is 0 Å². The van der Waals surface area contributed by atoms with Crippen molar-refractivity contribution in [1.82, 2.24) is 0 Å². The lowest BCUT2D eigenvalue weighted by Gasteiger charge is -2.07. The lowest BCUT2D eigenvalue weighted by molar-refractivity contribution is 0.304. The minimum absolute atomic E-state index is 0.194. The lowest BCUT2D eigenvalue weighted by Crippen LogP contribution is -2.12. The maximum Gasteiger partial charge on any atom is 0.119 e. The zero-order valence-corrected chi connectivity index (χ0v) is 11.2. The molecule has 18 heavy (non-hydrogen) atoms. The Hall–Kier alpha value is -1.51. The second kappa shape index (κ2) is 8.56. The van der Waals surface area contributed by atoms with Crippen LogP contribution in [0.15, 0.2) is 24.3 Å². The molecule has 0 unspecified atom stereocenters. The summed E-state index contributed by atoms with van der Waals surface area (Å²) in [6.07, 6.45) is 6.78. The molecule has 0 bridgehead atoms. The Morgan fingerprint density at radius 2 is 1.78 bits per heavy atom. The molecule has 1 aromatic rings. The van der Waals surface area contributed by atoms with Crippen molar-refractivity contribution in [3.63, 3.8) is 0 Å². The fourth-order valence-electron chi connectivity index (χ4n) is 1.82. The largest absolute Gasteiger partial charge is 0.494 e. The first-order valence-electron chi connectivity index (χ1n) is 6.77. The van der Waals surface area contributed by atoms with Crippen LogP contribution >= 0.6 is 0 Å². The van der Waals surface area contributed by atoms with Crippen molar-refractivity contribution in [1.29, 1.82) is 5.41 Å². The maximum absolute atomic E-state index is 7.22. The molecule has 0 atom stereocenters. The standard InChI is InChI=1S/C15H24N2O/c1-2-3-4-5-6-11-18-14-9-7-13(8-10-14)12-15(16)17/h7-10H,2-6,11-12H2,1H3,(H3,16,17). The molecule has 0 radical (unpaired) electrons. The number of ether oxygens (including phenoxy) is 1. The highest BCUT2D eigenvalue weighted by atomic mass is 16.5. The molecule has 0 saturated carbocycles. The van der Waals surface area contributed by atoms with Crippen LogP contribution < -0.4 is 10.5 Å². The Labute approximate surface area is 110 Å². The van der Waals surface area contributed by atoms with Gasteiger partial charge in [0, 0.05) is 6.42 Å². The van der Waals surface area contributed by atoms with Crippen LogP contribution in [0, 0.1) is 5.41 Å². The van der Waals surface area contributed by atoms with Crippen LogP contribution in [-0.4, -0.2) is 12.4 Å². The SMILES string of the molecule is CCCCCCCOc1ccc(CC(=N)N)cc1. The van der Waals surface area contributed by atoms with Gasteiger partial charge in [0.1, 0.15) is 5.75 Å². The molecule has 0 saturated heterocycles. The summed E-state index contributed by atoms with van der Waals surface area (Å²) >= 11 is 0. The average molecular weight is 248 g/mol. The second-order valence-electron chi connectivity index (χ2n) is 4.61. The number of nitrogens with one attached hydrogen (secondary N) is 1. The van der Waals surface area contributed by atoms with Crippen molar-refractivity contribution in [2.24, 2.45) is 5.73 Å². The van der Waals surface area contributed by atoms with E-state index < -0.39 is 0 Å². The van der Waals surface area contributed by atoms with Gasteiger partial charge in [0.05, 0.1) is 12.4 Å². The van der Waals surface area contributed by atoms with E-state index in [0.717, 1.165) is 24.3 Å². The molecule has 3 heteroatoms. The summed E-state index contributed by atoms with van der Waals surface area (Å²) in [5, 5.41) is 7.22. The fourth-order valence-corrected chi connectivity index (χ4v) is 1.82. The Morgan fingerprint density at radius 3 is 2.39 bits per heavy atom. The Balaban J connectivity index is 2.20. The molecule has 1 rings (SSSR count). The van der Waals surface area contributed by atoms with Crippen LogP contribution in [0.4, 0.5) is 0 Å². The van der Waals surface area contributed by atoms with Gasteiger partial charge in [-0.2, -0.15) is 0 Å². The first-order valence-corrected chi connectivity index (χ1v) is 6.77. The molecule has 3 N–H and O–H groups in total.